The molecule has 2 aromatic carbocycles. The molecule has 5 rings (SSSR count). The van der Waals surface area contributed by atoms with Gasteiger partial charge in [-0.1, -0.05) is 27.7 Å². The van der Waals surface area contributed by atoms with Crippen molar-refractivity contribution in [2.75, 3.05) is 29.9 Å². The molecule has 1 radical (unpaired) electrons. The molecule has 0 amide bonds. The highest BCUT2D eigenvalue weighted by Gasteiger charge is 2.44. The quantitative estimate of drug-likeness (QED) is 0.197. The number of fused-ring (bicyclic) bond motifs is 1. The minimum atomic E-state index is -2.07. The van der Waals surface area contributed by atoms with Gasteiger partial charge in [0.1, 0.15) is 18.0 Å². The van der Waals surface area contributed by atoms with Crippen LogP contribution in [0.25, 0.3) is 11.3 Å². The van der Waals surface area contributed by atoms with Gasteiger partial charge in [0.05, 0.1) is 35.2 Å². The fourth-order valence-electron chi connectivity index (χ4n) is 5.07. The van der Waals surface area contributed by atoms with Crippen LogP contribution in [0, 0.1) is 28.6 Å². The van der Waals surface area contributed by atoms with Crippen LogP contribution in [0.5, 0.6) is 5.75 Å². The van der Waals surface area contributed by atoms with E-state index in [1.165, 1.54) is 20.3 Å². The van der Waals surface area contributed by atoms with E-state index in [0.717, 1.165) is 23.0 Å². The Hall–Kier alpha value is -4.19. The molecule has 1 aromatic heterocycles. The number of anilines is 3. The smallest absolute Gasteiger partial charge is 0.329 e. The summed E-state index contributed by atoms with van der Waals surface area (Å²) in [6.07, 6.45) is 4.75. The number of hydrogen-bond donors (Lipinski definition) is 1. The Bertz CT molecular complexity index is 1660. The number of carbonyl (C=O) groups is 1. The largest absolute Gasteiger partial charge is 0.491 e. The third-order valence-electron chi connectivity index (χ3n) is 8.96. The Labute approximate surface area is 261 Å². The van der Waals surface area contributed by atoms with Gasteiger partial charge in [-0.25, -0.2) is 9.97 Å². The lowest BCUT2D eigenvalue weighted by Gasteiger charge is -2.39. The van der Waals surface area contributed by atoms with Crippen molar-refractivity contribution in [2.45, 2.75) is 64.1 Å². The molecular weight excluding hydrogens is 567 g/mol. The first kappa shape index (κ1) is 31.2. The molecule has 225 valence electrons. The SMILES string of the molecule is CC(C)(C)[Si](C)(C)OC[C@@]1(C)CN([B]C=O)c2c(C#N)cc(-c3ccnc(Nc4cc(C#N)ccc4OCC4CC4)n3)cc21. The van der Waals surface area contributed by atoms with Crippen LogP contribution in [0.4, 0.5) is 17.3 Å². The third kappa shape index (κ3) is 6.50. The van der Waals surface area contributed by atoms with Crippen LogP contribution in [0.15, 0.2) is 42.6 Å². The molecule has 44 heavy (non-hydrogen) atoms. The molecule has 9 nitrogen and oxygen atoms in total. The summed E-state index contributed by atoms with van der Waals surface area (Å²) in [5, 5.41) is 23.0. The lowest BCUT2D eigenvalue weighted by molar-refractivity contribution is 0.219. The second-order valence-electron chi connectivity index (χ2n) is 13.5. The first-order chi connectivity index (χ1) is 20.9. The molecule has 1 saturated carbocycles. The molecule has 0 bridgehead atoms. The van der Waals surface area contributed by atoms with Crippen molar-refractivity contribution in [3.63, 3.8) is 0 Å². The van der Waals surface area contributed by atoms with Crippen molar-refractivity contribution in [2.24, 2.45) is 5.92 Å². The Balaban J connectivity index is 1.50. The maximum atomic E-state index is 11.6. The maximum Gasteiger partial charge on any atom is 0.329 e. The normalized spacial score (nSPS) is 17.8. The molecule has 0 spiro atoms. The minimum Gasteiger partial charge on any atom is -0.491 e. The van der Waals surface area contributed by atoms with E-state index in [0.29, 0.717) is 59.9 Å². The summed E-state index contributed by atoms with van der Waals surface area (Å²) in [6, 6.07) is 15.4. The maximum absolute atomic E-state index is 11.6. The Morgan fingerprint density at radius 1 is 1.18 bits per heavy atom. The summed E-state index contributed by atoms with van der Waals surface area (Å²) >= 11 is 0. The van der Waals surface area contributed by atoms with Gasteiger partial charge in [-0.15, -0.1) is 0 Å². The van der Waals surface area contributed by atoms with Gasteiger partial charge >= 0.3 is 7.41 Å². The highest BCUT2D eigenvalue weighted by molar-refractivity contribution is 6.74. The highest BCUT2D eigenvalue weighted by Crippen LogP contribution is 2.46. The zero-order valence-corrected chi connectivity index (χ0v) is 27.3. The lowest BCUT2D eigenvalue weighted by Crippen LogP contribution is -2.46. The summed E-state index contributed by atoms with van der Waals surface area (Å²) in [7, 11) is -0.580. The summed E-state index contributed by atoms with van der Waals surface area (Å²) in [4.78, 5) is 22.7. The predicted molar refractivity (Wildman–Crippen MR) is 175 cm³/mol. The number of carbonyl (C=O) groups excluding carboxylic acids is 1. The van der Waals surface area contributed by atoms with E-state index in [1.807, 2.05) is 4.81 Å². The zero-order chi connectivity index (χ0) is 31.7. The van der Waals surface area contributed by atoms with Crippen molar-refractivity contribution in [3.8, 4) is 29.1 Å². The van der Waals surface area contributed by atoms with Gasteiger partial charge in [0, 0.05) is 36.0 Å². The van der Waals surface area contributed by atoms with Crippen molar-refractivity contribution in [3.05, 3.63) is 59.3 Å². The van der Waals surface area contributed by atoms with E-state index < -0.39 is 13.7 Å². The molecule has 1 fully saturated rings. The number of benzene rings is 2. The Kier molecular flexibility index (Phi) is 8.57. The van der Waals surface area contributed by atoms with Gasteiger partial charge in [-0.05, 0) is 78.9 Å². The van der Waals surface area contributed by atoms with E-state index in [1.54, 1.807) is 36.5 Å². The van der Waals surface area contributed by atoms with Gasteiger partial charge in [-0.3, -0.25) is 0 Å². The molecule has 3 aromatic rings. The van der Waals surface area contributed by atoms with Crippen LogP contribution in [0.3, 0.4) is 0 Å². The van der Waals surface area contributed by atoms with Crippen molar-refractivity contribution < 1.29 is 14.0 Å². The van der Waals surface area contributed by atoms with Gasteiger partial charge in [0.2, 0.25) is 5.95 Å². The molecular formula is C33H38BN6O3Si. The zero-order valence-electron chi connectivity index (χ0n) is 26.3. The molecule has 1 aliphatic heterocycles. The Morgan fingerprint density at radius 2 is 1.95 bits per heavy atom. The van der Waals surface area contributed by atoms with Crippen LogP contribution in [0.2, 0.25) is 18.1 Å². The summed E-state index contributed by atoms with van der Waals surface area (Å²) < 4.78 is 12.7. The number of ether oxygens (including phenoxy) is 1. The number of nitrogens with zero attached hydrogens (tertiary/aromatic N) is 5. The Morgan fingerprint density at radius 3 is 2.61 bits per heavy atom. The number of hydrogen-bond acceptors (Lipinski definition) is 9. The summed E-state index contributed by atoms with van der Waals surface area (Å²) in [5.41, 5.74) is 4.15. The van der Waals surface area contributed by atoms with E-state index in [2.05, 4.69) is 69.3 Å². The second-order valence-corrected chi connectivity index (χ2v) is 18.3. The van der Waals surface area contributed by atoms with Crippen LogP contribution in [-0.2, 0) is 14.6 Å². The minimum absolute atomic E-state index is 0.0407. The van der Waals surface area contributed by atoms with E-state index in [4.69, 9.17) is 14.1 Å². The molecule has 0 unspecified atom stereocenters. The van der Waals surface area contributed by atoms with Crippen LogP contribution < -0.4 is 14.9 Å². The summed E-state index contributed by atoms with van der Waals surface area (Å²) in [6.45, 7) is 14.8. The first-order valence-electron chi connectivity index (χ1n) is 14.9. The number of nitriles is 2. The average molecular weight is 606 g/mol. The molecule has 1 N–H and O–H groups in total. The molecule has 1 aliphatic carbocycles. The van der Waals surface area contributed by atoms with E-state index in [9.17, 15) is 15.3 Å². The van der Waals surface area contributed by atoms with Gasteiger partial charge < -0.3 is 24.1 Å². The van der Waals surface area contributed by atoms with Crippen molar-refractivity contribution >= 4 is 39.2 Å². The second kappa shape index (κ2) is 12.1. The van der Waals surface area contributed by atoms with Gasteiger partial charge in [-0.2, -0.15) is 10.5 Å². The van der Waals surface area contributed by atoms with Crippen molar-refractivity contribution in [1.29, 1.82) is 10.5 Å². The molecule has 11 heteroatoms. The van der Waals surface area contributed by atoms with Crippen LogP contribution >= 0.6 is 0 Å². The predicted octanol–water partition coefficient (Wildman–Crippen LogP) is 6.33. The molecule has 1 atom stereocenters. The standard InChI is InChI=1S/C33H38BN6O3Si/c1-32(2,3)44(5,6)43-20-33(4)19-40(34-21-41)30-25(17-36)14-24(15-26(30)33)27-11-12-37-31(38-27)39-28-13-23(16-35)9-10-29(28)42-18-22-7-8-22/h9-15,21-22H,7-8,18-20H2,1-6H3,(H,37,38,39)/t33-/m1/s1. The third-order valence-corrected chi connectivity index (χ3v) is 13.4. The highest BCUT2D eigenvalue weighted by atomic mass is 28.4. The van der Waals surface area contributed by atoms with Gasteiger partial charge in [0.15, 0.2) is 8.32 Å². The number of rotatable bonds is 11. The first-order valence-corrected chi connectivity index (χ1v) is 17.8. The summed E-state index contributed by atoms with van der Waals surface area (Å²) in [5.74, 6) is 1.55. The monoisotopic (exact) mass is 605 g/mol. The number of nitrogens with one attached hydrogen (secondary N) is 1. The average Bonchev–Trinajstić information content (AvgIpc) is 3.78. The lowest BCUT2D eigenvalue weighted by atomic mass is 9.83. The van der Waals surface area contributed by atoms with Gasteiger partial charge in [0.25, 0.3) is 0 Å². The van der Waals surface area contributed by atoms with Crippen LogP contribution in [-0.4, -0.2) is 51.6 Å². The van der Waals surface area contributed by atoms with E-state index >= 15 is 0 Å². The van der Waals surface area contributed by atoms with E-state index in [-0.39, 0.29) is 5.04 Å². The molecule has 0 saturated heterocycles. The number of aromatic nitrogens is 2. The van der Waals surface area contributed by atoms with Crippen LogP contribution in [0.1, 0.15) is 57.2 Å². The topological polar surface area (TPSA) is 124 Å². The molecule has 2 heterocycles. The molecule has 2 aliphatic rings. The fraction of sp³-hybridized carbons (Fsp3) is 0.424. The van der Waals surface area contributed by atoms with Crippen molar-refractivity contribution in [1.82, 2.24) is 9.97 Å². The fourth-order valence-corrected chi connectivity index (χ4v) is 6.19.